The Labute approximate surface area is 142 Å². The Balaban J connectivity index is 1.63. The molecule has 0 spiro atoms. The Kier molecular flexibility index (Phi) is 4.46. The predicted molar refractivity (Wildman–Crippen MR) is 95.3 cm³/mol. The molecule has 1 heterocycles. The van der Waals surface area contributed by atoms with Gasteiger partial charge in [0.15, 0.2) is 5.96 Å². The van der Waals surface area contributed by atoms with Gasteiger partial charge < -0.3 is 15.4 Å². The fourth-order valence-corrected chi connectivity index (χ4v) is 3.10. The molecule has 2 N–H and O–H groups in total. The third kappa shape index (κ3) is 3.09. The van der Waals surface area contributed by atoms with Crippen molar-refractivity contribution in [1.82, 2.24) is 20.4 Å². The summed E-state index contributed by atoms with van der Waals surface area (Å²) in [5.41, 5.74) is 2.42. The fraction of sp³-hybridized carbons (Fsp3) is 0.444. The van der Waals surface area contributed by atoms with Gasteiger partial charge in [-0.3, -0.25) is 9.67 Å². The van der Waals surface area contributed by atoms with E-state index < -0.39 is 0 Å². The molecule has 3 rings (SSSR count). The van der Waals surface area contributed by atoms with Gasteiger partial charge in [-0.05, 0) is 18.6 Å². The molecule has 1 aromatic carbocycles. The summed E-state index contributed by atoms with van der Waals surface area (Å²) >= 11 is 0. The van der Waals surface area contributed by atoms with E-state index in [1.807, 2.05) is 29.9 Å². The molecule has 6 nitrogen and oxygen atoms in total. The number of guanidine groups is 1. The highest BCUT2D eigenvalue weighted by Gasteiger charge is 2.53. The van der Waals surface area contributed by atoms with E-state index in [0.29, 0.717) is 12.6 Å². The van der Waals surface area contributed by atoms with Crippen LogP contribution in [-0.4, -0.2) is 35.9 Å². The summed E-state index contributed by atoms with van der Waals surface area (Å²) in [5.74, 6) is 1.75. The van der Waals surface area contributed by atoms with Crippen LogP contribution < -0.4 is 15.4 Å². The van der Waals surface area contributed by atoms with Crippen molar-refractivity contribution < 1.29 is 4.74 Å². The third-order valence-electron chi connectivity index (χ3n) is 4.85. The summed E-state index contributed by atoms with van der Waals surface area (Å²) in [6, 6.07) is 10.6. The number of aliphatic imine (C=N–C) groups is 1. The molecule has 2 atom stereocenters. The normalized spacial score (nSPS) is 23.0. The largest absolute Gasteiger partial charge is 0.496 e. The minimum atomic E-state index is 0.0662. The molecule has 1 aliphatic rings. The molecule has 0 bridgehead atoms. The molecule has 2 aromatic rings. The van der Waals surface area contributed by atoms with Crippen molar-refractivity contribution in [2.75, 3.05) is 14.2 Å². The zero-order valence-electron chi connectivity index (χ0n) is 14.7. The van der Waals surface area contributed by atoms with Crippen molar-refractivity contribution in [1.29, 1.82) is 0 Å². The van der Waals surface area contributed by atoms with Crippen LogP contribution in [0.2, 0.25) is 0 Å². The molecular formula is C18H25N5O. The first-order valence-electron chi connectivity index (χ1n) is 8.16. The first-order chi connectivity index (χ1) is 11.6. The van der Waals surface area contributed by atoms with Gasteiger partial charge in [-0.25, -0.2) is 0 Å². The highest BCUT2D eigenvalue weighted by atomic mass is 16.5. The molecule has 0 amide bonds. The van der Waals surface area contributed by atoms with Gasteiger partial charge in [0.25, 0.3) is 0 Å². The lowest BCUT2D eigenvalue weighted by Crippen LogP contribution is -2.40. The van der Waals surface area contributed by atoms with E-state index in [9.17, 15) is 0 Å². The smallest absolute Gasteiger partial charge is 0.191 e. The molecule has 0 aliphatic heterocycles. The Morgan fingerprint density at radius 2 is 2.21 bits per heavy atom. The second kappa shape index (κ2) is 6.55. The lowest BCUT2D eigenvalue weighted by Gasteiger charge is -2.18. The molecular weight excluding hydrogens is 302 g/mol. The molecule has 1 saturated carbocycles. The number of nitrogens with zero attached hydrogens (tertiary/aromatic N) is 3. The van der Waals surface area contributed by atoms with E-state index in [-0.39, 0.29) is 5.41 Å². The maximum absolute atomic E-state index is 5.52. The van der Waals surface area contributed by atoms with Crippen LogP contribution in [0.15, 0.2) is 41.5 Å². The molecule has 0 radical (unpaired) electrons. The summed E-state index contributed by atoms with van der Waals surface area (Å²) in [5, 5.41) is 11.0. The Morgan fingerprint density at radius 3 is 2.88 bits per heavy atom. The van der Waals surface area contributed by atoms with Crippen LogP contribution in [0.1, 0.15) is 24.6 Å². The van der Waals surface area contributed by atoms with E-state index in [4.69, 9.17) is 4.74 Å². The molecule has 1 aromatic heterocycles. The van der Waals surface area contributed by atoms with Gasteiger partial charge in [0.05, 0.1) is 19.3 Å². The van der Waals surface area contributed by atoms with E-state index >= 15 is 0 Å². The van der Waals surface area contributed by atoms with Crippen LogP contribution in [0.25, 0.3) is 0 Å². The van der Waals surface area contributed by atoms with E-state index in [1.54, 1.807) is 20.4 Å². The van der Waals surface area contributed by atoms with Crippen molar-refractivity contribution in [2.24, 2.45) is 12.0 Å². The summed E-state index contributed by atoms with van der Waals surface area (Å²) < 4.78 is 7.38. The van der Waals surface area contributed by atoms with Gasteiger partial charge >= 0.3 is 0 Å². The monoisotopic (exact) mass is 327 g/mol. The molecule has 1 aliphatic carbocycles. The maximum Gasteiger partial charge on any atom is 0.191 e. The number of hydrogen-bond donors (Lipinski definition) is 2. The number of hydrogen-bond acceptors (Lipinski definition) is 3. The standard InChI is InChI=1S/C18H25N5O/c1-18(14-7-5-6-8-15(14)24-4)11-16(18)22-17(19-2)20-12-13-9-10-21-23(13)3/h5-10,16H,11-12H2,1-4H3,(H2,19,20,22). The molecule has 6 heteroatoms. The minimum Gasteiger partial charge on any atom is -0.496 e. The average Bonchev–Trinajstić information content (AvgIpc) is 3.07. The van der Waals surface area contributed by atoms with Gasteiger partial charge in [0, 0.05) is 37.3 Å². The number of aryl methyl sites for hydroxylation is 1. The number of para-hydroxylation sites is 1. The van der Waals surface area contributed by atoms with Gasteiger partial charge in [-0.2, -0.15) is 5.10 Å². The van der Waals surface area contributed by atoms with Crippen molar-refractivity contribution in [3.63, 3.8) is 0 Å². The summed E-state index contributed by atoms with van der Waals surface area (Å²) in [6.07, 6.45) is 2.85. The molecule has 0 saturated heterocycles. The molecule has 2 unspecified atom stereocenters. The molecule has 128 valence electrons. The topological polar surface area (TPSA) is 63.5 Å². The third-order valence-corrected chi connectivity index (χ3v) is 4.85. The highest BCUT2D eigenvalue weighted by molar-refractivity contribution is 5.80. The van der Waals surface area contributed by atoms with E-state index in [2.05, 4.69) is 39.8 Å². The number of nitrogens with one attached hydrogen (secondary N) is 2. The first kappa shape index (κ1) is 16.4. The zero-order chi connectivity index (χ0) is 17.2. The lowest BCUT2D eigenvalue weighted by molar-refractivity contribution is 0.404. The summed E-state index contributed by atoms with van der Waals surface area (Å²) in [4.78, 5) is 4.33. The van der Waals surface area contributed by atoms with Gasteiger partial charge in [-0.15, -0.1) is 0 Å². The van der Waals surface area contributed by atoms with Gasteiger partial charge in [0.2, 0.25) is 0 Å². The maximum atomic E-state index is 5.52. The SMILES string of the molecule is CN=C(NCc1ccnn1C)NC1CC1(C)c1ccccc1OC. The van der Waals surface area contributed by atoms with E-state index in [0.717, 1.165) is 23.8 Å². The fourth-order valence-electron chi connectivity index (χ4n) is 3.10. The van der Waals surface area contributed by atoms with Crippen LogP contribution in [0, 0.1) is 0 Å². The van der Waals surface area contributed by atoms with Crippen LogP contribution in [0.5, 0.6) is 5.75 Å². The number of aromatic nitrogens is 2. The minimum absolute atomic E-state index is 0.0662. The van der Waals surface area contributed by atoms with Crippen molar-refractivity contribution >= 4 is 5.96 Å². The quantitative estimate of drug-likeness (QED) is 0.649. The average molecular weight is 327 g/mol. The Hall–Kier alpha value is -2.50. The van der Waals surface area contributed by atoms with Crippen LogP contribution >= 0.6 is 0 Å². The molecule has 1 fully saturated rings. The molecule has 24 heavy (non-hydrogen) atoms. The predicted octanol–water partition coefficient (Wildman–Crippen LogP) is 1.82. The number of ether oxygens (including phenoxy) is 1. The van der Waals surface area contributed by atoms with Gasteiger partial charge in [0.1, 0.15) is 5.75 Å². The Morgan fingerprint density at radius 1 is 1.42 bits per heavy atom. The zero-order valence-corrected chi connectivity index (χ0v) is 14.7. The Bertz CT molecular complexity index is 739. The van der Waals surface area contributed by atoms with Crippen molar-refractivity contribution in [2.45, 2.75) is 31.3 Å². The second-order valence-corrected chi connectivity index (χ2v) is 6.39. The first-order valence-corrected chi connectivity index (χ1v) is 8.16. The van der Waals surface area contributed by atoms with Crippen LogP contribution in [0.4, 0.5) is 0 Å². The highest BCUT2D eigenvalue weighted by Crippen LogP contribution is 2.50. The number of methoxy groups -OCH3 is 1. The lowest BCUT2D eigenvalue weighted by atomic mass is 9.96. The van der Waals surface area contributed by atoms with Crippen molar-refractivity contribution in [3.05, 3.63) is 47.8 Å². The van der Waals surface area contributed by atoms with E-state index in [1.165, 1.54) is 5.56 Å². The summed E-state index contributed by atoms with van der Waals surface area (Å²) in [6.45, 7) is 2.95. The number of rotatable bonds is 5. The van der Waals surface area contributed by atoms with Crippen molar-refractivity contribution in [3.8, 4) is 5.75 Å². The van der Waals surface area contributed by atoms with Crippen LogP contribution in [-0.2, 0) is 19.0 Å². The van der Waals surface area contributed by atoms with Crippen LogP contribution in [0.3, 0.4) is 0 Å². The second-order valence-electron chi connectivity index (χ2n) is 6.39. The number of benzene rings is 1. The summed E-state index contributed by atoms with van der Waals surface area (Å²) in [7, 11) is 5.45. The van der Waals surface area contributed by atoms with Gasteiger partial charge in [-0.1, -0.05) is 25.1 Å².